The highest BCUT2D eigenvalue weighted by Crippen LogP contribution is 2.41. The number of aryl methyl sites for hydroxylation is 2. The van der Waals surface area contributed by atoms with E-state index in [2.05, 4.69) is 13.8 Å². The highest BCUT2D eigenvalue weighted by Gasteiger charge is 2.41. The molecule has 0 atom stereocenters. The van der Waals surface area contributed by atoms with Crippen molar-refractivity contribution in [2.24, 2.45) is 5.92 Å². The lowest BCUT2D eigenvalue weighted by molar-refractivity contribution is -0.119. The number of benzene rings is 2. The van der Waals surface area contributed by atoms with E-state index in [1.807, 2.05) is 58.0 Å². The second-order valence-electron chi connectivity index (χ2n) is 8.33. The molecule has 2 aromatic rings. The third-order valence-corrected chi connectivity index (χ3v) is 5.81. The van der Waals surface area contributed by atoms with Crippen LogP contribution in [0.5, 0.6) is 5.75 Å². The molecule has 2 amide bonds. The summed E-state index contributed by atoms with van der Waals surface area (Å²) in [5, 5.41) is 0.185. The van der Waals surface area contributed by atoms with Crippen molar-refractivity contribution in [3.05, 3.63) is 64.1 Å². The predicted octanol–water partition coefficient (Wildman–Crippen LogP) is 5.76. The van der Waals surface area contributed by atoms with Gasteiger partial charge in [0.15, 0.2) is 0 Å². The second-order valence-corrected chi connectivity index (χ2v) is 9.92. The van der Waals surface area contributed by atoms with Crippen LogP contribution in [-0.4, -0.2) is 23.7 Å². The van der Waals surface area contributed by atoms with Gasteiger partial charge in [-0.25, -0.2) is 4.90 Å². The maximum Gasteiger partial charge on any atom is 0.272 e. The van der Waals surface area contributed by atoms with E-state index in [1.54, 1.807) is 12.1 Å². The van der Waals surface area contributed by atoms with E-state index in [0.29, 0.717) is 28.7 Å². The van der Waals surface area contributed by atoms with Crippen molar-refractivity contribution < 1.29 is 14.3 Å². The Balaban J connectivity index is 1.98. The fourth-order valence-corrected chi connectivity index (χ4v) is 4.35. The summed E-state index contributed by atoms with van der Waals surface area (Å²) >= 11 is 1.45. The zero-order chi connectivity index (χ0) is 22.0. The Labute approximate surface area is 183 Å². The number of hydrogen-bond acceptors (Lipinski definition) is 4. The lowest BCUT2D eigenvalue weighted by Crippen LogP contribution is -2.31. The van der Waals surface area contributed by atoms with Crippen LogP contribution in [0.15, 0.2) is 47.4 Å². The molecule has 5 heteroatoms. The van der Waals surface area contributed by atoms with Gasteiger partial charge in [-0.15, -0.1) is 11.8 Å². The Bertz CT molecular complexity index is 990. The van der Waals surface area contributed by atoms with Crippen LogP contribution in [0.4, 0.5) is 5.69 Å². The van der Waals surface area contributed by atoms with Crippen molar-refractivity contribution in [3.8, 4) is 5.75 Å². The summed E-state index contributed by atoms with van der Waals surface area (Å²) in [6, 6.07) is 13.1. The van der Waals surface area contributed by atoms with Crippen molar-refractivity contribution in [2.45, 2.75) is 46.8 Å². The van der Waals surface area contributed by atoms with E-state index in [1.165, 1.54) is 16.7 Å². The molecule has 0 aliphatic carbocycles. The van der Waals surface area contributed by atoms with E-state index in [9.17, 15) is 9.59 Å². The summed E-state index contributed by atoms with van der Waals surface area (Å²) in [5.74, 6) is 0.618. The summed E-state index contributed by atoms with van der Waals surface area (Å²) in [4.78, 5) is 28.6. The second kappa shape index (κ2) is 9.09. The topological polar surface area (TPSA) is 46.6 Å². The highest BCUT2D eigenvalue weighted by molar-refractivity contribution is 8.04. The van der Waals surface area contributed by atoms with E-state index >= 15 is 0 Å². The molecule has 158 valence electrons. The molecule has 2 aromatic carbocycles. The number of rotatable bonds is 7. The van der Waals surface area contributed by atoms with Gasteiger partial charge >= 0.3 is 0 Å². The van der Waals surface area contributed by atoms with Gasteiger partial charge in [-0.1, -0.05) is 51.5 Å². The zero-order valence-electron chi connectivity index (χ0n) is 18.5. The van der Waals surface area contributed by atoms with E-state index in [0.717, 1.165) is 22.4 Å². The molecule has 0 bridgehead atoms. The first kappa shape index (κ1) is 22.2. The molecule has 30 heavy (non-hydrogen) atoms. The average Bonchev–Trinajstić information content (AvgIpc) is 2.90. The fraction of sp³-hybridized carbons (Fsp3) is 0.360. The Morgan fingerprint density at radius 1 is 0.933 bits per heavy atom. The Kier molecular flexibility index (Phi) is 6.71. The van der Waals surface area contributed by atoms with Crippen molar-refractivity contribution in [3.63, 3.8) is 0 Å². The fourth-order valence-electron chi connectivity index (χ4n) is 3.38. The minimum Gasteiger partial charge on any atom is -0.493 e. The quantitative estimate of drug-likeness (QED) is 0.531. The molecule has 0 unspecified atom stereocenters. The van der Waals surface area contributed by atoms with Gasteiger partial charge in [-0.2, -0.15) is 0 Å². The Morgan fingerprint density at radius 3 is 2.17 bits per heavy atom. The summed E-state index contributed by atoms with van der Waals surface area (Å²) < 4.78 is 5.73. The van der Waals surface area contributed by atoms with Gasteiger partial charge in [0, 0.05) is 5.25 Å². The maximum atomic E-state index is 13.4. The van der Waals surface area contributed by atoms with Crippen LogP contribution in [0.2, 0.25) is 0 Å². The molecule has 0 saturated carbocycles. The van der Waals surface area contributed by atoms with Gasteiger partial charge in [-0.05, 0) is 55.2 Å². The number of imide groups is 1. The first-order valence-corrected chi connectivity index (χ1v) is 11.2. The largest absolute Gasteiger partial charge is 0.493 e. The van der Waals surface area contributed by atoms with Gasteiger partial charge in [-0.3, -0.25) is 9.59 Å². The number of hydrogen-bond donors (Lipinski definition) is 0. The molecule has 4 nitrogen and oxygen atoms in total. The molecular formula is C25H29NO3S. The van der Waals surface area contributed by atoms with Crippen molar-refractivity contribution in [1.82, 2.24) is 0 Å². The molecule has 1 aliphatic heterocycles. The lowest BCUT2D eigenvalue weighted by atomic mass is 9.99. The normalized spacial score (nSPS) is 14.5. The lowest BCUT2D eigenvalue weighted by Gasteiger charge is -2.16. The van der Waals surface area contributed by atoms with Gasteiger partial charge in [0.05, 0.1) is 22.8 Å². The first-order chi connectivity index (χ1) is 14.2. The van der Waals surface area contributed by atoms with Crippen LogP contribution in [0, 0.1) is 19.8 Å². The Hall–Kier alpha value is -2.53. The van der Waals surface area contributed by atoms with Crippen LogP contribution < -0.4 is 9.64 Å². The molecule has 0 radical (unpaired) electrons. The van der Waals surface area contributed by atoms with E-state index in [-0.39, 0.29) is 17.1 Å². The van der Waals surface area contributed by atoms with Gasteiger partial charge < -0.3 is 4.74 Å². The molecular weight excluding hydrogens is 394 g/mol. The standard InChI is InChI=1S/C25H29NO3S/c1-15(2)14-29-20-10-8-19(9-11-20)26-24(27)22(23(25(26)28)30-16(3)4)21-12-7-17(5)13-18(21)6/h7-13,15-16H,14H2,1-6H3. The summed E-state index contributed by atoms with van der Waals surface area (Å²) in [7, 11) is 0. The average molecular weight is 424 g/mol. The number of ether oxygens (including phenoxy) is 1. The molecule has 0 saturated heterocycles. The van der Waals surface area contributed by atoms with Gasteiger partial charge in [0.1, 0.15) is 5.75 Å². The van der Waals surface area contributed by atoms with E-state index in [4.69, 9.17) is 4.74 Å². The molecule has 0 N–H and O–H groups in total. The third-order valence-electron chi connectivity index (χ3n) is 4.72. The van der Waals surface area contributed by atoms with Crippen molar-refractivity contribution in [2.75, 3.05) is 11.5 Å². The number of anilines is 1. The number of thioether (sulfide) groups is 1. The number of carbonyl (C=O) groups excluding carboxylic acids is 2. The number of nitrogens with zero attached hydrogens (tertiary/aromatic N) is 1. The zero-order valence-corrected chi connectivity index (χ0v) is 19.3. The Morgan fingerprint density at radius 2 is 1.60 bits per heavy atom. The van der Waals surface area contributed by atoms with Crippen molar-refractivity contribution >= 4 is 34.8 Å². The van der Waals surface area contributed by atoms with Crippen LogP contribution in [0.25, 0.3) is 5.57 Å². The molecule has 0 aromatic heterocycles. The number of carbonyl (C=O) groups is 2. The molecule has 1 heterocycles. The highest BCUT2D eigenvalue weighted by atomic mass is 32.2. The van der Waals surface area contributed by atoms with E-state index < -0.39 is 0 Å². The van der Waals surface area contributed by atoms with Gasteiger partial charge in [0.2, 0.25) is 0 Å². The number of amides is 2. The minimum atomic E-state index is -0.272. The van der Waals surface area contributed by atoms with Gasteiger partial charge in [0.25, 0.3) is 11.8 Å². The molecule has 0 fully saturated rings. The maximum absolute atomic E-state index is 13.4. The molecule has 1 aliphatic rings. The predicted molar refractivity (Wildman–Crippen MR) is 125 cm³/mol. The first-order valence-electron chi connectivity index (χ1n) is 10.3. The van der Waals surface area contributed by atoms with Crippen LogP contribution in [0.3, 0.4) is 0 Å². The summed E-state index contributed by atoms with van der Waals surface area (Å²) in [6.45, 7) is 12.8. The SMILES string of the molecule is Cc1ccc(C2=C(SC(C)C)C(=O)N(c3ccc(OCC(C)C)cc3)C2=O)c(C)c1. The minimum absolute atomic E-state index is 0.185. The third kappa shape index (κ3) is 4.62. The molecule has 0 spiro atoms. The summed E-state index contributed by atoms with van der Waals surface area (Å²) in [6.07, 6.45) is 0. The van der Waals surface area contributed by atoms with Crippen LogP contribution in [-0.2, 0) is 9.59 Å². The smallest absolute Gasteiger partial charge is 0.272 e. The van der Waals surface area contributed by atoms with Crippen molar-refractivity contribution in [1.29, 1.82) is 0 Å². The van der Waals surface area contributed by atoms with Crippen LogP contribution in [0.1, 0.15) is 44.4 Å². The monoisotopic (exact) mass is 423 g/mol. The van der Waals surface area contributed by atoms with Crippen LogP contribution >= 0.6 is 11.8 Å². The molecule has 3 rings (SSSR count). The summed E-state index contributed by atoms with van der Waals surface area (Å²) in [5.41, 5.74) is 3.99.